The van der Waals surface area contributed by atoms with Gasteiger partial charge in [0.05, 0.1) is 18.0 Å². The van der Waals surface area contributed by atoms with Gasteiger partial charge in [0.25, 0.3) is 0 Å². The minimum absolute atomic E-state index is 0.125. The monoisotopic (exact) mass is 364 g/mol. The zero-order chi connectivity index (χ0) is 19.4. The second-order valence-electron chi connectivity index (χ2n) is 6.37. The van der Waals surface area contributed by atoms with Crippen molar-refractivity contribution in [3.8, 4) is 0 Å². The molecule has 1 aliphatic heterocycles. The minimum Gasteiger partial charge on any atom is -0.478 e. The lowest BCUT2D eigenvalue weighted by Gasteiger charge is -2.32. The van der Waals surface area contributed by atoms with Crippen molar-refractivity contribution in [3.05, 3.63) is 77.0 Å². The molecule has 0 spiro atoms. The minimum atomic E-state index is -1.01. The smallest absolute Gasteiger partial charge is 0.335 e. The third-order valence-corrected chi connectivity index (χ3v) is 4.51. The number of aromatic carboxylic acids is 1. The first-order chi connectivity index (χ1) is 13.0. The molecule has 1 aliphatic rings. The van der Waals surface area contributed by atoms with Crippen molar-refractivity contribution in [1.82, 2.24) is 10.2 Å². The van der Waals surface area contributed by atoms with Gasteiger partial charge in [-0.3, -0.25) is 9.59 Å². The second-order valence-corrected chi connectivity index (χ2v) is 6.37. The van der Waals surface area contributed by atoms with Crippen molar-refractivity contribution in [2.24, 2.45) is 0 Å². The number of nitrogens with zero attached hydrogens (tertiary/aromatic N) is 1. The normalized spacial score (nSPS) is 15.1. The van der Waals surface area contributed by atoms with E-state index in [-0.39, 0.29) is 36.4 Å². The number of carboxylic acid groups (broad SMARTS) is 1. The molecule has 2 aromatic carbocycles. The van der Waals surface area contributed by atoms with Crippen LogP contribution >= 0.6 is 0 Å². The summed E-state index contributed by atoms with van der Waals surface area (Å²) in [4.78, 5) is 37.1. The van der Waals surface area contributed by atoms with Gasteiger partial charge in [0.1, 0.15) is 0 Å². The van der Waals surface area contributed by atoms with Gasteiger partial charge < -0.3 is 15.3 Å². The third-order valence-electron chi connectivity index (χ3n) is 4.51. The Hall–Kier alpha value is -3.41. The lowest BCUT2D eigenvalue weighted by Crippen LogP contribution is -2.35. The molecule has 6 heteroatoms. The van der Waals surface area contributed by atoms with E-state index in [9.17, 15) is 14.4 Å². The Kier molecular flexibility index (Phi) is 5.35. The van der Waals surface area contributed by atoms with Crippen LogP contribution in [0.15, 0.2) is 54.7 Å². The van der Waals surface area contributed by atoms with E-state index in [1.165, 1.54) is 19.1 Å². The molecule has 1 heterocycles. The van der Waals surface area contributed by atoms with Gasteiger partial charge in [0.15, 0.2) is 0 Å². The molecule has 0 unspecified atom stereocenters. The molecule has 0 aromatic heterocycles. The first-order valence-corrected chi connectivity index (χ1v) is 8.60. The number of hydrogen-bond acceptors (Lipinski definition) is 3. The van der Waals surface area contributed by atoms with E-state index >= 15 is 0 Å². The molecule has 0 aliphatic carbocycles. The maximum absolute atomic E-state index is 12.5. The number of hydrogen-bond donors (Lipinski definition) is 2. The molecular weight excluding hydrogens is 344 g/mol. The molecular formula is C21H20N2O4. The SMILES string of the molecule is CC(=O)N1C=Cc2ccccc2[C@H]1CC(=O)NCc1cccc(C(=O)O)c1. The molecule has 0 radical (unpaired) electrons. The highest BCUT2D eigenvalue weighted by Gasteiger charge is 2.28. The summed E-state index contributed by atoms with van der Waals surface area (Å²) in [7, 11) is 0. The summed E-state index contributed by atoms with van der Waals surface area (Å²) in [5.74, 6) is -1.35. The molecule has 3 rings (SSSR count). The first kappa shape index (κ1) is 18.4. The Balaban J connectivity index is 1.70. The molecule has 2 aromatic rings. The topological polar surface area (TPSA) is 86.7 Å². The lowest BCUT2D eigenvalue weighted by molar-refractivity contribution is -0.130. The lowest BCUT2D eigenvalue weighted by atomic mass is 9.93. The van der Waals surface area contributed by atoms with Crippen molar-refractivity contribution in [1.29, 1.82) is 0 Å². The van der Waals surface area contributed by atoms with E-state index in [2.05, 4.69) is 5.32 Å². The number of rotatable bonds is 5. The zero-order valence-corrected chi connectivity index (χ0v) is 14.9. The molecule has 0 fully saturated rings. The fourth-order valence-electron chi connectivity index (χ4n) is 3.18. The highest BCUT2D eigenvalue weighted by Crippen LogP contribution is 2.32. The van der Waals surface area contributed by atoms with E-state index in [1.807, 2.05) is 30.3 Å². The Morgan fingerprint density at radius 2 is 1.89 bits per heavy atom. The van der Waals surface area contributed by atoms with E-state index in [1.54, 1.807) is 23.2 Å². The molecule has 2 amide bonds. The van der Waals surface area contributed by atoms with E-state index < -0.39 is 5.97 Å². The van der Waals surface area contributed by atoms with Gasteiger partial charge in [-0.1, -0.05) is 36.4 Å². The predicted octanol–water partition coefficient (Wildman–Crippen LogP) is 2.97. The Morgan fingerprint density at radius 3 is 2.63 bits per heavy atom. The van der Waals surface area contributed by atoms with Crippen LogP contribution in [-0.2, 0) is 16.1 Å². The van der Waals surface area contributed by atoms with Crippen LogP contribution in [0, 0.1) is 0 Å². The van der Waals surface area contributed by atoms with Crippen LogP contribution in [0.5, 0.6) is 0 Å². The van der Waals surface area contributed by atoms with Gasteiger partial charge in [-0.2, -0.15) is 0 Å². The predicted molar refractivity (Wildman–Crippen MR) is 101 cm³/mol. The number of carbonyl (C=O) groups is 3. The van der Waals surface area contributed by atoms with Crippen LogP contribution in [0.25, 0.3) is 6.08 Å². The van der Waals surface area contributed by atoms with Gasteiger partial charge in [0.2, 0.25) is 11.8 Å². The number of fused-ring (bicyclic) bond motifs is 1. The van der Waals surface area contributed by atoms with Crippen LogP contribution in [0.1, 0.15) is 46.4 Å². The molecule has 0 saturated heterocycles. The average Bonchev–Trinajstić information content (AvgIpc) is 2.66. The van der Waals surface area contributed by atoms with Crippen molar-refractivity contribution in [2.45, 2.75) is 25.9 Å². The summed E-state index contributed by atoms with van der Waals surface area (Å²) in [6.45, 7) is 1.70. The van der Waals surface area contributed by atoms with Crippen LogP contribution in [0.4, 0.5) is 0 Å². The van der Waals surface area contributed by atoms with Gasteiger partial charge in [-0.05, 0) is 34.9 Å². The standard InChI is InChI=1S/C21H20N2O4/c1-14(24)23-10-9-16-6-2-3-8-18(16)19(23)12-20(25)22-13-15-5-4-7-17(11-15)21(26)27/h2-11,19H,12-13H2,1H3,(H,22,25)(H,26,27)/t19-/m1/s1. The fraction of sp³-hybridized carbons (Fsp3) is 0.190. The number of carbonyl (C=O) groups excluding carboxylic acids is 2. The van der Waals surface area contributed by atoms with E-state index in [0.717, 1.165) is 11.1 Å². The molecule has 0 saturated carbocycles. The quantitative estimate of drug-likeness (QED) is 0.854. The summed E-state index contributed by atoms with van der Waals surface area (Å²) in [5, 5.41) is 11.9. The number of benzene rings is 2. The van der Waals surface area contributed by atoms with Crippen molar-refractivity contribution >= 4 is 23.9 Å². The summed E-state index contributed by atoms with van der Waals surface area (Å²) in [6.07, 6.45) is 3.70. The highest BCUT2D eigenvalue weighted by atomic mass is 16.4. The molecule has 27 heavy (non-hydrogen) atoms. The summed E-state index contributed by atoms with van der Waals surface area (Å²) in [6, 6.07) is 13.7. The second kappa shape index (κ2) is 7.86. The molecule has 0 bridgehead atoms. The highest BCUT2D eigenvalue weighted by molar-refractivity contribution is 5.87. The van der Waals surface area contributed by atoms with E-state index in [4.69, 9.17) is 5.11 Å². The molecule has 2 N–H and O–H groups in total. The van der Waals surface area contributed by atoms with Crippen molar-refractivity contribution < 1.29 is 19.5 Å². The summed E-state index contributed by atoms with van der Waals surface area (Å²) >= 11 is 0. The van der Waals surface area contributed by atoms with Gasteiger partial charge in [-0.25, -0.2) is 4.79 Å². The summed E-state index contributed by atoms with van der Waals surface area (Å²) in [5.41, 5.74) is 2.80. The fourth-order valence-corrected chi connectivity index (χ4v) is 3.18. The van der Waals surface area contributed by atoms with Crippen LogP contribution in [0.2, 0.25) is 0 Å². The average molecular weight is 364 g/mol. The summed E-state index contributed by atoms with van der Waals surface area (Å²) < 4.78 is 0. The third kappa shape index (κ3) is 4.23. The molecule has 138 valence electrons. The van der Waals surface area contributed by atoms with Crippen molar-refractivity contribution in [2.75, 3.05) is 0 Å². The number of amides is 2. The van der Waals surface area contributed by atoms with Crippen LogP contribution < -0.4 is 5.32 Å². The maximum Gasteiger partial charge on any atom is 0.335 e. The Labute approximate surface area is 157 Å². The molecule has 1 atom stereocenters. The van der Waals surface area contributed by atoms with Crippen LogP contribution in [-0.4, -0.2) is 27.8 Å². The largest absolute Gasteiger partial charge is 0.478 e. The number of carboxylic acids is 1. The van der Waals surface area contributed by atoms with Crippen molar-refractivity contribution in [3.63, 3.8) is 0 Å². The Bertz CT molecular complexity index is 920. The van der Waals surface area contributed by atoms with Gasteiger partial charge in [0, 0.05) is 19.7 Å². The zero-order valence-electron chi connectivity index (χ0n) is 14.9. The Morgan fingerprint density at radius 1 is 1.11 bits per heavy atom. The maximum atomic E-state index is 12.5. The molecule has 6 nitrogen and oxygen atoms in total. The number of nitrogens with one attached hydrogen (secondary N) is 1. The van der Waals surface area contributed by atoms with Crippen LogP contribution in [0.3, 0.4) is 0 Å². The van der Waals surface area contributed by atoms with Gasteiger partial charge >= 0.3 is 5.97 Å². The van der Waals surface area contributed by atoms with Gasteiger partial charge in [-0.15, -0.1) is 0 Å². The first-order valence-electron chi connectivity index (χ1n) is 8.60. The van der Waals surface area contributed by atoms with E-state index in [0.29, 0.717) is 5.56 Å².